The number of halogens is 5. The first-order chi connectivity index (χ1) is 9.81. The smallest absolute Gasteiger partial charge is 0.258 e. The molecule has 0 aromatic heterocycles. The number of nitrogens with one attached hydrogen (secondary N) is 1. The fraction of sp³-hybridized carbons (Fsp3) is 0. The topological polar surface area (TPSA) is 29.1 Å². The lowest BCUT2D eigenvalue weighted by Crippen LogP contribution is -2.17. The molecule has 0 spiro atoms. The predicted octanol–water partition coefficient (Wildman–Crippen LogP) is 3.92. The van der Waals surface area contributed by atoms with E-state index in [2.05, 4.69) is 12.6 Å². The molecular formula is C13H6F5NOS. The van der Waals surface area contributed by atoms with E-state index in [1.807, 2.05) is 0 Å². The number of benzene rings is 2. The quantitative estimate of drug-likeness (QED) is 0.490. The van der Waals surface area contributed by atoms with Gasteiger partial charge in [0.25, 0.3) is 5.91 Å². The van der Waals surface area contributed by atoms with E-state index in [4.69, 9.17) is 0 Å². The number of anilines is 1. The maximum Gasteiger partial charge on any atom is 0.258 e. The van der Waals surface area contributed by atoms with Crippen LogP contribution in [0.4, 0.5) is 27.6 Å². The van der Waals surface area contributed by atoms with Gasteiger partial charge in [0.1, 0.15) is 11.5 Å². The highest BCUT2D eigenvalue weighted by atomic mass is 32.1. The largest absolute Gasteiger partial charge is 0.317 e. The fourth-order valence-electron chi connectivity index (χ4n) is 1.55. The van der Waals surface area contributed by atoms with Crippen LogP contribution in [0.2, 0.25) is 0 Å². The van der Waals surface area contributed by atoms with E-state index in [0.717, 1.165) is 12.1 Å². The molecule has 0 unspecified atom stereocenters. The highest BCUT2D eigenvalue weighted by Crippen LogP contribution is 2.25. The van der Waals surface area contributed by atoms with Crippen molar-refractivity contribution in [2.24, 2.45) is 0 Å². The number of carbonyl (C=O) groups is 1. The Kier molecular flexibility index (Phi) is 4.17. The van der Waals surface area contributed by atoms with Crippen molar-refractivity contribution in [1.82, 2.24) is 0 Å². The Labute approximate surface area is 121 Å². The van der Waals surface area contributed by atoms with Crippen LogP contribution in [-0.2, 0) is 0 Å². The van der Waals surface area contributed by atoms with Gasteiger partial charge in [-0.05, 0) is 18.2 Å². The number of hydrogen-bond donors (Lipinski definition) is 2. The SMILES string of the molecule is O=C(Nc1c(F)c(F)cc(F)c1F)c1cc(S)ccc1F. The van der Waals surface area contributed by atoms with Crippen LogP contribution >= 0.6 is 12.6 Å². The van der Waals surface area contributed by atoms with Crippen LogP contribution in [0.1, 0.15) is 10.4 Å². The van der Waals surface area contributed by atoms with Crippen molar-refractivity contribution in [2.45, 2.75) is 4.90 Å². The lowest BCUT2D eigenvalue weighted by Gasteiger charge is -2.09. The second-order valence-corrected chi connectivity index (χ2v) is 4.48. The van der Waals surface area contributed by atoms with Crippen LogP contribution in [0.5, 0.6) is 0 Å². The summed E-state index contributed by atoms with van der Waals surface area (Å²) in [5.41, 5.74) is -1.91. The van der Waals surface area contributed by atoms with Gasteiger partial charge in [-0.2, -0.15) is 0 Å². The van der Waals surface area contributed by atoms with E-state index < -0.39 is 46.2 Å². The van der Waals surface area contributed by atoms with Crippen molar-refractivity contribution in [3.63, 3.8) is 0 Å². The molecule has 21 heavy (non-hydrogen) atoms. The normalized spacial score (nSPS) is 10.6. The van der Waals surface area contributed by atoms with Crippen LogP contribution in [0.3, 0.4) is 0 Å². The fourth-order valence-corrected chi connectivity index (χ4v) is 1.75. The maximum absolute atomic E-state index is 13.5. The number of rotatable bonds is 2. The summed E-state index contributed by atoms with van der Waals surface area (Å²) in [7, 11) is 0. The summed E-state index contributed by atoms with van der Waals surface area (Å²) in [4.78, 5) is 12.0. The van der Waals surface area contributed by atoms with E-state index in [9.17, 15) is 26.7 Å². The van der Waals surface area contributed by atoms with Gasteiger partial charge >= 0.3 is 0 Å². The van der Waals surface area contributed by atoms with Crippen LogP contribution < -0.4 is 5.32 Å². The van der Waals surface area contributed by atoms with Gasteiger partial charge in [-0.15, -0.1) is 12.6 Å². The van der Waals surface area contributed by atoms with Gasteiger partial charge in [-0.25, -0.2) is 22.0 Å². The molecule has 2 aromatic carbocycles. The van der Waals surface area contributed by atoms with Crippen molar-refractivity contribution < 1.29 is 26.7 Å². The highest BCUT2D eigenvalue weighted by molar-refractivity contribution is 7.80. The number of amides is 1. The summed E-state index contributed by atoms with van der Waals surface area (Å²) in [5, 5.41) is 1.60. The Balaban J connectivity index is 2.43. The minimum Gasteiger partial charge on any atom is -0.317 e. The molecule has 1 N–H and O–H groups in total. The second kappa shape index (κ2) is 5.72. The highest BCUT2D eigenvalue weighted by Gasteiger charge is 2.22. The molecule has 0 aliphatic rings. The van der Waals surface area contributed by atoms with Crippen LogP contribution in [0, 0.1) is 29.1 Å². The lowest BCUT2D eigenvalue weighted by molar-refractivity contribution is 0.102. The summed E-state index contributed by atoms with van der Waals surface area (Å²) in [6.07, 6.45) is 0. The monoisotopic (exact) mass is 319 g/mol. The third-order valence-corrected chi connectivity index (χ3v) is 2.82. The molecule has 0 heterocycles. The van der Waals surface area contributed by atoms with Gasteiger partial charge in [0, 0.05) is 11.0 Å². The Hall–Kier alpha value is -2.09. The van der Waals surface area contributed by atoms with Crippen LogP contribution in [0.15, 0.2) is 29.2 Å². The summed E-state index contributed by atoms with van der Waals surface area (Å²) < 4.78 is 66.2. The van der Waals surface area contributed by atoms with E-state index in [1.54, 1.807) is 5.32 Å². The first-order valence-electron chi connectivity index (χ1n) is 5.44. The van der Waals surface area contributed by atoms with E-state index in [0.29, 0.717) is 0 Å². The molecule has 0 saturated heterocycles. The van der Waals surface area contributed by atoms with Gasteiger partial charge in [-0.1, -0.05) is 0 Å². The standard InChI is InChI=1S/C13H6F5NOS/c14-7-2-1-5(21)3-6(7)13(20)19-12-10(17)8(15)4-9(16)11(12)18/h1-4,21H,(H,19,20). The molecule has 0 aliphatic carbocycles. The van der Waals surface area contributed by atoms with Crippen molar-refractivity contribution in [3.05, 3.63) is 58.9 Å². The summed E-state index contributed by atoms with van der Waals surface area (Å²) in [6.45, 7) is 0. The Morgan fingerprint density at radius 3 is 2.05 bits per heavy atom. The van der Waals surface area contributed by atoms with Gasteiger partial charge in [-0.3, -0.25) is 4.79 Å². The molecule has 0 bridgehead atoms. The zero-order valence-electron chi connectivity index (χ0n) is 10.1. The van der Waals surface area contributed by atoms with Gasteiger partial charge in [0.2, 0.25) is 0 Å². The van der Waals surface area contributed by atoms with Gasteiger partial charge < -0.3 is 5.32 Å². The first kappa shape index (κ1) is 15.3. The predicted molar refractivity (Wildman–Crippen MR) is 67.9 cm³/mol. The molecule has 0 atom stereocenters. The molecule has 110 valence electrons. The molecule has 2 aromatic rings. The molecule has 0 aliphatic heterocycles. The summed E-state index contributed by atoms with van der Waals surface area (Å²) in [6, 6.07) is 3.16. The lowest BCUT2D eigenvalue weighted by atomic mass is 10.2. The number of carbonyl (C=O) groups excluding carboxylic acids is 1. The molecule has 1 amide bonds. The number of thiol groups is 1. The van der Waals surface area contributed by atoms with Crippen LogP contribution in [-0.4, -0.2) is 5.91 Å². The molecule has 0 fully saturated rings. The summed E-state index contributed by atoms with van der Waals surface area (Å²) in [5.74, 6) is -9.20. The van der Waals surface area contributed by atoms with E-state index in [-0.39, 0.29) is 11.0 Å². The van der Waals surface area contributed by atoms with E-state index in [1.165, 1.54) is 6.07 Å². The molecule has 2 nitrogen and oxygen atoms in total. The first-order valence-corrected chi connectivity index (χ1v) is 5.89. The average Bonchev–Trinajstić information content (AvgIpc) is 2.43. The minimum absolute atomic E-state index is 0.00471. The van der Waals surface area contributed by atoms with Gasteiger partial charge in [0.15, 0.2) is 23.3 Å². The minimum atomic E-state index is -1.79. The third-order valence-electron chi connectivity index (χ3n) is 2.54. The van der Waals surface area contributed by atoms with Crippen molar-refractivity contribution in [2.75, 3.05) is 5.32 Å². The van der Waals surface area contributed by atoms with E-state index >= 15 is 0 Å². The summed E-state index contributed by atoms with van der Waals surface area (Å²) >= 11 is 3.88. The van der Waals surface area contributed by atoms with Gasteiger partial charge in [0.05, 0.1) is 5.56 Å². The zero-order valence-corrected chi connectivity index (χ0v) is 10.9. The molecule has 0 saturated carbocycles. The average molecular weight is 319 g/mol. The zero-order chi connectivity index (χ0) is 15.7. The molecule has 8 heteroatoms. The van der Waals surface area contributed by atoms with Crippen molar-refractivity contribution in [3.8, 4) is 0 Å². The van der Waals surface area contributed by atoms with Crippen molar-refractivity contribution >= 4 is 24.2 Å². The van der Waals surface area contributed by atoms with Crippen LogP contribution in [0.25, 0.3) is 0 Å². The van der Waals surface area contributed by atoms with Crippen molar-refractivity contribution in [1.29, 1.82) is 0 Å². The third kappa shape index (κ3) is 2.99. The Bertz CT molecular complexity index is 709. The molecule has 2 rings (SSSR count). The molecular weight excluding hydrogens is 313 g/mol. The second-order valence-electron chi connectivity index (χ2n) is 3.96. The molecule has 0 radical (unpaired) electrons. The number of hydrogen-bond acceptors (Lipinski definition) is 2. The maximum atomic E-state index is 13.5. The Morgan fingerprint density at radius 1 is 0.905 bits per heavy atom. The Morgan fingerprint density at radius 2 is 1.48 bits per heavy atom.